The molecule has 1 amide bonds. The fraction of sp³-hybridized carbons (Fsp3) is 0. The molecule has 5 heteroatoms. The molecule has 0 fully saturated rings. The maximum atomic E-state index is 10.4. The molecule has 0 aliphatic carbocycles. The summed E-state index contributed by atoms with van der Waals surface area (Å²) in [6.07, 6.45) is -0.932. The molecule has 0 aliphatic heterocycles. The Labute approximate surface area is 83.0 Å². The molecule has 2 N–H and O–H groups in total. The van der Waals surface area contributed by atoms with E-state index in [2.05, 4.69) is 20.7 Å². The highest BCUT2D eigenvalue weighted by Crippen LogP contribution is 2.22. The van der Waals surface area contributed by atoms with E-state index in [1.165, 1.54) is 12.1 Å². The van der Waals surface area contributed by atoms with Gasteiger partial charge in [0.15, 0.2) is 5.75 Å². The van der Waals surface area contributed by atoms with Crippen LogP contribution in [0.25, 0.3) is 0 Å². The van der Waals surface area contributed by atoms with E-state index in [0.717, 1.165) is 4.47 Å². The van der Waals surface area contributed by atoms with E-state index in [9.17, 15) is 4.79 Å². The summed E-state index contributed by atoms with van der Waals surface area (Å²) in [5.74, 6) is 0.165. The summed E-state index contributed by atoms with van der Waals surface area (Å²) in [6.45, 7) is 0. The van der Waals surface area contributed by atoms with Gasteiger partial charge < -0.3 is 10.5 Å². The van der Waals surface area contributed by atoms with Gasteiger partial charge in [-0.1, -0.05) is 15.9 Å². The monoisotopic (exact) mass is 240 g/mol. The molecular weight excluding hydrogens is 236 g/mol. The van der Waals surface area contributed by atoms with Gasteiger partial charge in [-0.2, -0.15) is 5.26 Å². The van der Waals surface area contributed by atoms with Gasteiger partial charge >= 0.3 is 6.09 Å². The van der Waals surface area contributed by atoms with Crippen LogP contribution in [0.4, 0.5) is 4.79 Å². The van der Waals surface area contributed by atoms with Crippen molar-refractivity contribution >= 4 is 22.0 Å². The van der Waals surface area contributed by atoms with Crippen LogP contribution in [0.1, 0.15) is 5.56 Å². The Morgan fingerprint density at radius 2 is 2.31 bits per heavy atom. The van der Waals surface area contributed by atoms with Gasteiger partial charge in [-0.3, -0.25) is 0 Å². The lowest BCUT2D eigenvalue weighted by atomic mass is 10.2. The molecule has 0 heterocycles. The third-order valence-corrected chi connectivity index (χ3v) is 1.77. The molecule has 0 spiro atoms. The van der Waals surface area contributed by atoms with Crippen LogP contribution in [0.5, 0.6) is 5.75 Å². The van der Waals surface area contributed by atoms with E-state index >= 15 is 0 Å². The van der Waals surface area contributed by atoms with Crippen LogP contribution in [-0.4, -0.2) is 6.09 Å². The minimum atomic E-state index is -0.932. The topological polar surface area (TPSA) is 76.1 Å². The van der Waals surface area contributed by atoms with Crippen molar-refractivity contribution < 1.29 is 9.53 Å². The molecule has 0 radical (unpaired) electrons. The van der Waals surface area contributed by atoms with E-state index in [0.29, 0.717) is 0 Å². The zero-order chi connectivity index (χ0) is 9.84. The number of halogens is 1. The molecule has 66 valence electrons. The molecule has 0 aliphatic rings. The Morgan fingerprint density at radius 3 is 2.85 bits per heavy atom. The highest BCUT2D eigenvalue weighted by atomic mass is 79.9. The van der Waals surface area contributed by atoms with E-state index in [1.807, 2.05) is 6.07 Å². The molecule has 0 aromatic heterocycles. The van der Waals surface area contributed by atoms with Crippen LogP contribution in [-0.2, 0) is 0 Å². The zero-order valence-corrected chi connectivity index (χ0v) is 8.04. The maximum absolute atomic E-state index is 10.4. The van der Waals surface area contributed by atoms with E-state index in [-0.39, 0.29) is 11.3 Å². The third-order valence-electron chi connectivity index (χ3n) is 1.27. The minimum absolute atomic E-state index is 0.165. The van der Waals surface area contributed by atoms with Crippen molar-refractivity contribution in [3.63, 3.8) is 0 Å². The summed E-state index contributed by atoms with van der Waals surface area (Å²) < 4.78 is 5.32. The van der Waals surface area contributed by atoms with E-state index < -0.39 is 6.09 Å². The highest BCUT2D eigenvalue weighted by molar-refractivity contribution is 9.10. The lowest BCUT2D eigenvalue weighted by Gasteiger charge is -2.02. The number of hydrogen-bond acceptors (Lipinski definition) is 3. The Kier molecular flexibility index (Phi) is 2.88. The number of benzene rings is 1. The van der Waals surface area contributed by atoms with Gasteiger partial charge in [0.25, 0.3) is 0 Å². The average Bonchev–Trinajstić information content (AvgIpc) is 2.07. The normalized spacial score (nSPS) is 8.92. The van der Waals surface area contributed by atoms with Crippen LogP contribution in [0, 0.1) is 11.3 Å². The highest BCUT2D eigenvalue weighted by Gasteiger charge is 2.05. The summed E-state index contributed by atoms with van der Waals surface area (Å²) in [5.41, 5.74) is 5.06. The number of hydrogen-bond donors (Lipinski definition) is 1. The van der Waals surface area contributed by atoms with Crippen molar-refractivity contribution in [2.45, 2.75) is 0 Å². The second-order valence-electron chi connectivity index (χ2n) is 2.17. The van der Waals surface area contributed by atoms with Crippen molar-refractivity contribution in [2.75, 3.05) is 0 Å². The predicted molar refractivity (Wildman–Crippen MR) is 49.1 cm³/mol. The number of nitriles is 1. The van der Waals surface area contributed by atoms with Gasteiger partial charge in [0.2, 0.25) is 0 Å². The van der Waals surface area contributed by atoms with E-state index in [1.54, 1.807) is 6.07 Å². The number of carbonyl (C=O) groups is 1. The second-order valence-corrected chi connectivity index (χ2v) is 3.09. The van der Waals surface area contributed by atoms with Crippen LogP contribution in [0.15, 0.2) is 22.7 Å². The molecule has 4 nitrogen and oxygen atoms in total. The van der Waals surface area contributed by atoms with Crippen molar-refractivity contribution in [3.8, 4) is 11.8 Å². The molecule has 1 aromatic rings. The number of nitrogens with two attached hydrogens (primary N) is 1. The van der Waals surface area contributed by atoms with Crippen LogP contribution < -0.4 is 10.5 Å². The summed E-state index contributed by atoms with van der Waals surface area (Å²) in [4.78, 5) is 10.4. The van der Waals surface area contributed by atoms with E-state index in [4.69, 9.17) is 11.0 Å². The predicted octanol–water partition coefficient (Wildman–Crippen LogP) is 1.78. The number of carbonyl (C=O) groups excluding carboxylic acids is 1. The van der Waals surface area contributed by atoms with Crippen molar-refractivity contribution in [2.24, 2.45) is 5.73 Å². The molecule has 0 saturated heterocycles. The molecule has 1 rings (SSSR count). The maximum Gasteiger partial charge on any atom is 0.410 e. The first-order valence-corrected chi connectivity index (χ1v) is 4.09. The quantitative estimate of drug-likeness (QED) is 0.813. The van der Waals surface area contributed by atoms with Gasteiger partial charge in [-0.25, -0.2) is 4.79 Å². The van der Waals surface area contributed by atoms with Gasteiger partial charge in [-0.05, 0) is 18.2 Å². The molecule has 0 unspecified atom stereocenters. The number of nitrogens with zero attached hydrogens (tertiary/aromatic N) is 1. The lowest BCUT2D eigenvalue weighted by Crippen LogP contribution is -2.16. The van der Waals surface area contributed by atoms with Gasteiger partial charge in [0.05, 0.1) is 5.56 Å². The van der Waals surface area contributed by atoms with Crippen molar-refractivity contribution in [3.05, 3.63) is 28.2 Å². The lowest BCUT2D eigenvalue weighted by molar-refractivity contribution is 0.210. The standard InChI is InChI=1S/C8H5BrN2O2/c9-6-1-2-7(13-8(11)12)5(3-6)4-10/h1-3H,(H2,11,12). The van der Waals surface area contributed by atoms with Crippen LogP contribution in [0.2, 0.25) is 0 Å². The average molecular weight is 241 g/mol. The number of amides is 1. The van der Waals surface area contributed by atoms with Gasteiger partial charge in [-0.15, -0.1) is 0 Å². The molecule has 13 heavy (non-hydrogen) atoms. The van der Waals surface area contributed by atoms with Gasteiger partial charge in [0, 0.05) is 4.47 Å². The zero-order valence-electron chi connectivity index (χ0n) is 6.45. The molecule has 0 atom stereocenters. The fourth-order valence-corrected chi connectivity index (χ4v) is 1.15. The van der Waals surface area contributed by atoms with Crippen LogP contribution >= 0.6 is 15.9 Å². The SMILES string of the molecule is N#Cc1cc(Br)ccc1OC(N)=O. The Hall–Kier alpha value is -1.54. The van der Waals surface area contributed by atoms with Gasteiger partial charge in [0.1, 0.15) is 6.07 Å². The minimum Gasteiger partial charge on any atom is -0.409 e. The number of ether oxygens (including phenoxy) is 1. The molecular formula is C8H5BrN2O2. The Balaban J connectivity index is 3.08. The molecule has 1 aromatic carbocycles. The number of rotatable bonds is 1. The molecule has 0 bridgehead atoms. The Morgan fingerprint density at radius 1 is 1.62 bits per heavy atom. The first-order chi connectivity index (χ1) is 6.13. The smallest absolute Gasteiger partial charge is 0.409 e. The molecule has 0 saturated carbocycles. The fourth-order valence-electron chi connectivity index (χ4n) is 0.787. The number of primary amides is 1. The summed E-state index contributed by atoms with van der Waals surface area (Å²) >= 11 is 3.18. The third kappa shape index (κ3) is 2.46. The van der Waals surface area contributed by atoms with Crippen molar-refractivity contribution in [1.82, 2.24) is 0 Å². The van der Waals surface area contributed by atoms with Crippen molar-refractivity contribution in [1.29, 1.82) is 5.26 Å². The summed E-state index contributed by atoms with van der Waals surface area (Å²) in [5, 5.41) is 8.65. The first kappa shape index (κ1) is 9.55. The summed E-state index contributed by atoms with van der Waals surface area (Å²) in [7, 11) is 0. The summed E-state index contributed by atoms with van der Waals surface area (Å²) in [6, 6.07) is 6.56. The largest absolute Gasteiger partial charge is 0.410 e. The Bertz CT molecular complexity index is 384. The first-order valence-electron chi connectivity index (χ1n) is 3.30. The van der Waals surface area contributed by atoms with Crippen LogP contribution in [0.3, 0.4) is 0 Å². The second kappa shape index (κ2) is 3.92.